The average molecular weight is 232 g/mol. The van der Waals surface area contributed by atoms with E-state index in [1.807, 2.05) is 0 Å². The molecule has 1 aliphatic rings. The van der Waals surface area contributed by atoms with E-state index >= 15 is 0 Å². The van der Waals surface area contributed by atoms with Crippen molar-refractivity contribution in [1.82, 2.24) is 20.1 Å². The highest BCUT2D eigenvalue weighted by Crippen LogP contribution is 2.20. The molecule has 2 heterocycles. The minimum atomic E-state index is -0.234. The van der Waals surface area contributed by atoms with Gasteiger partial charge in [-0.2, -0.15) is 0 Å². The van der Waals surface area contributed by atoms with Crippen LogP contribution in [0, 0.1) is 5.82 Å². The van der Waals surface area contributed by atoms with Crippen molar-refractivity contribution in [2.75, 3.05) is 0 Å². The van der Waals surface area contributed by atoms with Crippen LogP contribution in [-0.2, 0) is 13.1 Å². The van der Waals surface area contributed by atoms with Gasteiger partial charge in [-0.3, -0.25) is 0 Å². The van der Waals surface area contributed by atoms with E-state index in [1.54, 1.807) is 12.1 Å². The Balaban J connectivity index is 2.04. The van der Waals surface area contributed by atoms with Crippen molar-refractivity contribution < 1.29 is 4.39 Å². The quantitative estimate of drug-likeness (QED) is 0.811. The minimum Gasteiger partial charge on any atom is -0.308 e. The third-order valence-electron chi connectivity index (χ3n) is 2.99. The Morgan fingerprint density at radius 1 is 1.29 bits per heavy atom. The monoisotopic (exact) mass is 232 g/mol. The number of halogens is 1. The molecule has 1 atom stereocenters. The second-order valence-corrected chi connectivity index (χ2v) is 4.34. The lowest BCUT2D eigenvalue weighted by molar-refractivity contribution is 0.412. The fourth-order valence-electron chi connectivity index (χ4n) is 2.07. The van der Waals surface area contributed by atoms with E-state index in [1.165, 1.54) is 12.1 Å². The summed E-state index contributed by atoms with van der Waals surface area (Å²) in [6, 6.07) is 6.76. The molecule has 0 aliphatic carbocycles. The zero-order chi connectivity index (χ0) is 11.8. The largest absolute Gasteiger partial charge is 0.308 e. The Bertz CT molecular complexity index is 532. The Morgan fingerprint density at radius 3 is 2.82 bits per heavy atom. The number of hydrogen-bond acceptors (Lipinski definition) is 3. The van der Waals surface area contributed by atoms with Crippen molar-refractivity contribution in [1.29, 1.82) is 0 Å². The van der Waals surface area contributed by atoms with E-state index in [-0.39, 0.29) is 5.82 Å². The van der Waals surface area contributed by atoms with Gasteiger partial charge in [-0.1, -0.05) is 0 Å². The van der Waals surface area contributed by atoms with Crippen molar-refractivity contribution >= 4 is 0 Å². The smallest absolute Gasteiger partial charge is 0.164 e. The highest BCUT2D eigenvalue weighted by molar-refractivity contribution is 5.55. The molecule has 0 bridgehead atoms. The molecule has 0 spiro atoms. The third-order valence-corrected chi connectivity index (χ3v) is 2.99. The van der Waals surface area contributed by atoms with Crippen LogP contribution in [0.25, 0.3) is 11.4 Å². The molecule has 1 N–H and O–H groups in total. The average Bonchev–Trinajstić information content (AvgIpc) is 2.73. The fraction of sp³-hybridized carbons (Fsp3) is 0.333. The Kier molecular flexibility index (Phi) is 2.40. The van der Waals surface area contributed by atoms with Gasteiger partial charge in [-0.05, 0) is 31.2 Å². The third kappa shape index (κ3) is 1.82. The van der Waals surface area contributed by atoms with Crippen LogP contribution < -0.4 is 5.32 Å². The highest BCUT2D eigenvalue weighted by atomic mass is 19.1. The van der Waals surface area contributed by atoms with Crippen molar-refractivity contribution in [3.05, 3.63) is 35.9 Å². The molecule has 0 fully saturated rings. The maximum atomic E-state index is 12.9. The Morgan fingerprint density at radius 2 is 2.06 bits per heavy atom. The second kappa shape index (κ2) is 3.92. The van der Waals surface area contributed by atoms with Gasteiger partial charge in [-0.15, -0.1) is 10.2 Å². The molecule has 0 saturated carbocycles. The predicted octanol–water partition coefficient (Wildman–Crippen LogP) is 1.58. The lowest BCUT2D eigenvalue weighted by Gasteiger charge is -2.22. The van der Waals surface area contributed by atoms with Gasteiger partial charge in [0, 0.05) is 18.2 Å². The molecule has 2 aromatic rings. The fourth-order valence-corrected chi connectivity index (χ4v) is 2.07. The van der Waals surface area contributed by atoms with E-state index in [0.29, 0.717) is 6.04 Å². The van der Waals surface area contributed by atoms with Crippen LogP contribution in [0.4, 0.5) is 4.39 Å². The van der Waals surface area contributed by atoms with E-state index in [9.17, 15) is 4.39 Å². The summed E-state index contributed by atoms with van der Waals surface area (Å²) < 4.78 is 15.0. The summed E-state index contributed by atoms with van der Waals surface area (Å²) in [5, 5.41) is 11.7. The van der Waals surface area contributed by atoms with Gasteiger partial charge in [-0.25, -0.2) is 4.39 Å². The van der Waals surface area contributed by atoms with Crippen LogP contribution in [0.2, 0.25) is 0 Å². The topological polar surface area (TPSA) is 42.7 Å². The molecule has 0 saturated heterocycles. The molecule has 88 valence electrons. The summed E-state index contributed by atoms with van der Waals surface area (Å²) >= 11 is 0. The minimum absolute atomic E-state index is 0.234. The van der Waals surface area contributed by atoms with Crippen LogP contribution >= 0.6 is 0 Å². The number of nitrogens with zero attached hydrogens (tertiary/aromatic N) is 3. The lowest BCUT2D eigenvalue weighted by Crippen LogP contribution is -2.36. The van der Waals surface area contributed by atoms with Crippen LogP contribution in [0.5, 0.6) is 0 Å². The number of hydrogen-bond donors (Lipinski definition) is 1. The van der Waals surface area contributed by atoms with Gasteiger partial charge in [0.05, 0.1) is 6.54 Å². The molecular weight excluding hydrogens is 219 g/mol. The summed E-state index contributed by atoms with van der Waals surface area (Å²) in [6.45, 7) is 3.70. The van der Waals surface area contributed by atoms with Crippen LogP contribution in [0.3, 0.4) is 0 Å². The molecule has 0 unspecified atom stereocenters. The first kappa shape index (κ1) is 10.4. The molecule has 3 rings (SSSR count). The summed E-state index contributed by atoms with van der Waals surface area (Å²) in [5.41, 5.74) is 0.902. The van der Waals surface area contributed by atoms with Gasteiger partial charge in [0.2, 0.25) is 0 Å². The summed E-state index contributed by atoms with van der Waals surface area (Å²) in [4.78, 5) is 0. The number of aromatic nitrogens is 3. The molecule has 0 amide bonds. The van der Waals surface area contributed by atoms with Crippen LogP contribution in [0.1, 0.15) is 12.7 Å². The molecular formula is C12H13FN4. The van der Waals surface area contributed by atoms with Crippen LogP contribution in [0.15, 0.2) is 24.3 Å². The molecule has 4 nitrogen and oxygen atoms in total. The first-order valence-electron chi connectivity index (χ1n) is 5.65. The summed E-state index contributed by atoms with van der Waals surface area (Å²) in [5.74, 6) is 1.51. The van der Waals surface area contributed by atoms with Crippen molar-refractivity contribution in [3.8, 4) is 11.4 Å². The summed E-state index contributed by atoms with van der Waals surface area (Å²) in [6.07, 6.45) is 0. The lowest BCUT2D eigenvalue weighted by atomic mass is 10.2. The first-order chi connectivity index (χ1) is 8.24. The Hall–Kier alpha value is -1.75. The normalized spacial score (nSPS) is 19.1. The molecule has 1 aromatic carbocycles. The maximum Gasteiger partial charge on any atom is 0.164 e. The SMILES string of the molecule is C[C@H]1Cn2c(nnc2-c2ccc(F)cc2)CN1. The predicted molar refractivity (Wildman–Crippen MR) is 61.7 cm³/mol. The molecule has 17 heavy (non-hydrogen) atoms. The zero-order valence-electron chi connectivity index (χ0n) is 9.52. The zero-order valence-corrected chi connectivity index (χ0v) is 9.52. The van der Waals surface area contributed by atoms with Gasteiger partial charge < -0.3 is 9.88 Å². The van der Waals surface area contributed by atoms with Crippen molar-refractivity contribution in [3.63, 3.8) is 0 Å². The van der Waals surface area contributed by atoms with Gasteiger partial charge in [0.25, 0.3) is 0 Å². The second-order valence-electron chi connectivity index (χ2n) is 4.34. The Labute approximate surface area is 98.5 Å². The van der Waals surface area contributed by atoms with E-state index in [2.05, 4.69) is 27.0 Å². The number of fused-ring (bicyclic) bond motifs is 1. The molecule has 0 radical (unpaired) electrons. The number of nitrogens with one attached hydrogen (secondary N) is 1. The van der Waals surface area contributed by atoms with E-state index in [0.717, 1.165) is 30.3 Å². The van der Waals surface area contributed by atoms with Gasteiger partial charge in [0.15, 0.2) is 5.82 Å². The number of rotatable bonds is 1. The molecule has 1 aliphatic heterocycles. The highest BCUT2D eigenvalue weighted by Gasteiger charge is 2.20. The maximum absolute atomic E-state index is 12.9. The number of benzene rings is 1. The van der Waals surface area contributed by atoms with Gasteiger partial charge in [0.1, 0.15) is 11.6 Å². The van der Waals surface area contributed by atoms with E-state index in [4.69, 9.17) is 0 Å². The van der Waals surface area contributed by atoms with Crippen molar-refractivity contribution in [2.45, 2.75) is 26.1 Å². The molecule has 5 heteroatoms. The van der Waals surface area contributed by atoms with E-state index < -0.39 is 0 Å². The summed E-state index contributed by atoms with van der Waals surface area (Å²) in [7, 11) is 0. The van der Waals surface area contributed by atoms with Gasteiger partial charge >= 0.3 is 0 Å². The molecule has 1 aromatic heterocycles. The standard InChI is InChI=1S/C12H13FN4/c1-8-7-17-11(6-14-8)15-16-12(17)9-2-4-10(13)5-3-9/h2-5,8,14H,6-7H2,1H3/t8-/m0/s1. The van der Waals surface area contributed by atoms with Crippen LogP contribution in [-0.4, -0.2) is 20.8 Å². The van der Waals surface area contributed by atoms with Crippen molar-refractivity contribution in [2.24, 2.45) is 0 Å². The first-order valence-corrected chi connectivity index (χ1v) is 5.65.